The molecule has 0 amide bonds. The summed E-state index contributed by atoms with van der Waals surface area (Å²) in [5.74, 6) is 0.596. The van der Waals surface area contributed by atoms with Gasteiger partial charge >= 0.3 is 0 Å². The maximum Gasteiger partial charge on any atom is 0.297 e. The molecule has 118 valence electrons. The van der Waals surface area contributed by atoms with Gasteiger partial charge in [0.1, 0.15) is 5.75 Å². The molecule has 0 saturated heterocycles. The highest BCUT2D eigenvalue weighted by atomic mass is 32.2. The number of ether oxygens (including phenoxy) is 1. The Bertz CT molecular complexity index is 915. The van der Waals surface area contributed by atoms with Crippen LogP contribution in [-0.2, 0) is 20.9 Å². The molecule has 0 aliphatic carbocycles. The third kappa shape index (κ3) is 3.52. The molecule has 0 N–H and O–H groups in total. The van der Waals surface area contributed by atoms with Crippen molar-refractivity contribution in [3.05, 3.63) is 72.3 Å². The van der Waals surface area contributed by atoms with Gasteiger partial charge < -0.3 is 4.74 Å². The standard InChI is InChI=1S/C18H16O4S/c1-21-17-8-10-18(11-9-17)23(19,20)22-13-14-6-7-15-4-2-3-5-16(15)12-14/h2-12H,13H2,1H3. The summed E-state index contributed by atoms with van der Waals surface area (Å²) in [5.41, 5.74) is 0.806. The normalized spacial score (nSPS) is 11.5. The summed E-state index contributed by atoms with van der Waals surface area (Å²) in [4.78, 5) is 0.110. The Kier molecular flexibility index (Phi) is 4.32. The Labute approximate surface area is 135 Å². The van der Waals surface area contributed by atoms with Crippen LogP contribution in [-0.4, -0.2) is 15.5 Å². The summed E-state index contributed by atoms with van der Waals surface area (Å²) in [5, 5.41) is 2.16. The van der Waals surface area contributed by atoms with E-state index in [1.807, 2.05) is 42.5 Å². The summed E-state index contributed by atoms with van der Waals surface area (Å²) >= 11 is 0. The zero-order valence-electron chi connectivity index (χ0n) is 12.6. The Morgan fingerprint density at radius 1 is 0.870 bits per heavy atom. The molecule has 0 atom stereocenters. The highest BCUT2D eigenvalue weighted by Crippen LogP contribution is 2.20. The van der Waals surface area contributed by atoms with E-state index in [4.69, 9.17) is 8.92 Å². The van der Waals surface area contributed by atoms with Crippen molar-refractivity contribution >= 4 is 20.9 Å². The Morgan fingerprint density at radius 3 is 2.26 bits per heavy atom. The van der Waals surface area contributed by atoms with E-state index >= 15 is 0 Å². The first-order valence-corrected chi connectivity index (χ1v) is 8.50. The van der Waals surface area contributed by atoms with Crippen LogP contribution in [0.3, 0.4) is 0 Å². The quantitative estimate of drug-likeness (QED) is 0.669. The van der Waals surface area contributed by atoms with E-state index in [2.05, 4.69) is 0 Å². The zero-order valence-corrected chi connectivity index (χ0v) is 13.4. The predicted molar refractivity (Wildman–Crippen MR) is 88.9 cm³/mol. The predicted octanol–water partition coefficient (Wildman–Crippen LogP) is 3.75. The van der Waals surface area contributed by atoms with Crippen molar-refractivity contribution < 1.29 is 17.3 Å². The van der Waals surface area contributed by atoms with Crippen molar-refractivity contribution in [2.75, 3.05) is 7.11 Å². The molecule has 5 heteroatoms. The average molecular weight is 328 g/mol. The maximum atomic E-state index is 12.2. The lowest BCUT2D eigenvalue weighted by atomic mass is 10.1. The SMILES string of the molecule is COc1ccc(S(=O)(=O)OCc2ccc3ccccc3c2)cc1. The Morgan fingerprint density at radius 2 is 1.57 bits per heavy atom. The lowest BCUT2D eigenvalue weighted by Gasteiger charge is -2.07. The zero-order chi connectivity index (χ0) is 16.3. The van der Waals surface area contributed by atoms with E-state index in [9.17, 15) is 8.42 Å². The molecule has 0 radical (unpaired) electrons. The lowest BCUT2D eigenvalue weighted by molar-refractivity contribution is 0.308. The Balaban J connectivity index is 1.77. The van der Waals surface area contributed by atoms with E-state index in [0.29, 0.717) is 5.75 Å². The van der Waals surface area contributed by atoms with Gasteiger partial charge in [-0.2, -0.15) is 8.42 Å². The summed E-state index contributed by atoms with van der Waals surface area (Å²) in [7, 11) is -2.26. The lowest BCUT2D eigenvalue weighted by Crippen LogP contribution is -2.06. The van der Waals surface area contributed by atoms with Crippen LogP contribution in [0.25, 0.3) is 10.8 Å². The molecule has 0 unspecified atom stereocenters. The van der Waals surface area contributed by atoms with Crippen molar-refractivity contribution in [1.82, 2.24) is 0 Å². The maximum absolute atomic E-state index is 12.2. The number of fused-ring (bicyclic) bond motifs is 1. The second kappa shape index (κ2) is 6.40. The fourth-order valence-corrected chi connectivity index (χ4v) is 3.18. The fourth-order valence-electron chi connectivity index (χ4n) is 2.28. The molecule has 0 aliphatic heterocycles. The monoisotopic (exact) mass is 328 g/mol. The first kappa shape index (κ1) is 15.5. The van der Waals surface area contributed by atoms with E-state index in [1.165, 1.54) is 19.2 Å². The smallest absolute Gasteiger partial charge is 0.297 e. The van der Waals surface area contributed by atoms with Crippen LogP contribution in [0.1, 0.15) is 5.56 Å². The van der Waals surface area contributed by atoms with Crippen LogP contribution in [0.2, 0.25) is 0 Å². The van der Waals surface area contributed by atoms with Crippen molar-refractivity contribution in [3.63, 3.8) is 0 Å². The topological polar surface area (TPSA) is 52.6 Å². The number of rotatable bonds is 5. The third-order valence-corrected chi connectivity index (χ3v) is 4.82. The molecular weight excluding hydrogens is 312 g/mol. The molecule has 0 heterocycles. The highest BCUT2D eigenvalue weighted by Gasteiger charge is 2.15. The van der Waals surface area contributed by atoms with Crippen LogP contribution in [0.4, 0.5) is 0 Å². The van der Waals surface area contributed by atoms with Gasteiger partial charge in [-0.25, -0.2) is 0 Å². The average Bonchev–Trinajstić information content (AvgIpc) is 2.60. The van der Waals surface area contributed by atoms with Gasteiger partial charge in [-0.05, 0) is 46.7 Å². The van der Waals surface area contributed by atoms with Gasteiger partial charge in [0.25, 0.3) is 10.1 Å². The molecular formula is C18H16O4S. The minimum absolute atomic E-state index is 0.000797. The van der Waals surface area contributed by atoms with Crippen LogP contribution >= 0.6 is 0 Å². The van der Waals surface area contributed by atoms with Crippen LogP contribution < -0.4 is 4.74 Å². The van der Waals surface area contributed by atoms with Gasteiger partial charge in [0.2, 0.25) is 0 Å². The van der Waals surface area contributed by atoms with E-state index in [-0.39, 0.29) is 11.5 Å². The van der Waals surface area contributed by atoms with Crippen molar-refractivity contribution in [3.8, 4) is 5.75 Å². The second-order valence-corrected chi connectivity index (χ2v) is 6.69. The van der Waals surface area contributed by atoms with Gasteiger partial charge in [-0.1, -0.05) is 36.4 Å². The molecule has 0 aromatic heterocycles. The fraction of sp³-hybridized carbons (Fsp3) is 0.111. The summed E-state index contributed by atoms with van der Waals surface area (Å²) in [6.07, 6.45) is 0. The van der Waals surface area contributed by atoms with Crippen molar-refractivity contribution in [2.24, 2.45) is 0 Å². The van der Waals surface area contributed by atoms with E-state index in [0.717, 1.165) is 16.3 Å². The molecule has 0 bridgehead atoms. The first-order valence-electron chi connectivity index (χ1n) is 7.10. The minimum Gasteiger partial charge on any atom is -0.497 e. The van der Waals surface area contributed by atoms with Gasteiger partial charge in [0, 0.05) is 0 Å². The minimum atomic E-state index is -3.79. The Hall–Kier alpha value is -2.37. The molecule has 3 aromatic rings. The number of hydrogen-bond acceptors (Lipinski definition) is 4. The van der Waals surface area contributed by atoms with E-state index < -0.39 is 10.1 Å². The molecule has 3 aromatic carbocycles. The summed E-state index contributed by atoms with van der Waals surface area (Å²) in [6, 6.07) is 19.8. The number of methoxy groups -OCH3 is 1. The van der Waals surface area contributed by atoms with Gasteiger partial charge in [0.15, 0.2) is 0 Å². The number of benzene rings is 3. The van der Waals surface area contributed by atoms with Gasteiger partial charge in [-0.3, -0.25) is 4.18 Å². The van der Waals surface area contributed by atoms with Gasteiger partial charge in [0.05, 0.1) is 18.6 Å². The summed E-state index contributed by atoms with van der Waals surface area (Å²) < 4.78 is 34.6. The highest BCUT2D eigenvalue weighted by molar-refractivity contribution is 7.86. The van der Waals surface area contributed by atoms with Gasteiger partial charge in [-0.15, -0.1) is 0 Å². The van der Waals surface area contributed by atoms with E-state index in [1.54, 1.807) is 12.1 Å². The molecule has 0 spiro atoms. The molecule has 3 rings (SSSR count). The molecule has 0 fully saturated rings. The molecule has 0 aliphatic rings. The van der Waals surface area contributed by atoms with Crippen molar-refractivity contribution in [1.29, 1.82) is 0 Å². The molecule has 0 saturated carbocycles. The largest absolute Gasteiger partial charge is 0.497 e. The van der Waals surface area contributed by atoms with Crippen LogP contribution in [0.15, 0.2) is 71.6 Å². The molecule has 4 nitrogen and oxygen atoms in total. The van der Waals surface area contributed by atoms with Crippen LogP contribution in [0, 0.1) is 0 Å². The van der Waals surface area contributed by atoms with Crippen LogP contribution in [0.5, 0.6) is 5.75 Å². The second-order valence-electron chi connectivity index (χ2n) is 5.07. The third-order valence-electron chi connectivity index (χ3n) is 3.54. The van der Waals surface area contributed by atoms with Crippen molar-refractivity contribution in [2.45, 2.75) is 11.5 Å². The summed E-state index contributed by atoms with van der Waals surface area (Å²) in [6.45, 7) is -0.000797. The first-order chi connectivity index (χ1) is 11.1. The molecule has 23 heavy (non-hydrogen) atoms. The number of hydrogen-bond donors (Lipinski definition) is 0.